The molecule has 2 aromatic carbocycles. The summed E-state index contributed by atoms with van der Waals surface area (Å²) in [6.45, 7) is 2.15. The minimum atomic E-state index is -0.656. The monoisotopic (exact) mass is 345 g/mol. The molecule has 0 spiro atoms. The molecule has 1 amide bonds. The fourth-order valence-electron chi connectivity index (χ4n) is 2.11. The van der Waals surface area contributed by atoms with Gasteiger partial charge in [0.15, 0.2) is 6.61 Å². The first-order chi connectivity index (χ1) is 12.0. The molecule has 0 aliphatic carbocycles. The van der Waals surface area contributed by atoms with E-state index in [1.807, 2.05) is 31.2 Å². The molecule has 0 bridgehead atoms. The number of hydrogen-bond acceptors (Lipinski definition) is 4. The van der Waals surface area contributed by atoms with Crippen LogP contribution in [-0.2, 0) is 20.7 Å². The fraction of sp³-hybridized carbons (Fsp3) is 0.263. The van der Waals surface area contributed by atoms with E-state index < -0.39 is 24.3 Å². The van der Waals surface area contributed by atoms with Gasteiger partial charge in [-0.05, 0) is 36.2 Å². The Bertz CT molecular complexity index is 733. The molecule has 0 saturated carbocycles. The standard InChI is InChI=1S/C19H20FNO4/c1-14-5-4-7-16(11-14)24-10-9-21-18(22)13-25-19(23)12-15-6-2-3-8-17(15)20/h2-8,11H,9-10,12-13H2,1H3,(H,21,22). The van der Waals surface area contributed by atoms with Gasteiger partial charge in [0.2, 0.25) is 0 Å². The zero-order valence-electron chi connectivity index (χ0n) is 14.0. The number of ether oxygens (including phenoxy) is 2. The number of hydrogen-bond donors (Lipinski definition) is 1. The lowest BCUT2D eigenvalue weighted by Gasteiger charge is -2.09. The molecule has 132 valence electrons. The molecular weight excluding hydrogens is 325 g/mol. The van der Waals surface area contributed by atoms with Crippen LogP contribution in [0, 0.1) is 12.7 Å². The number of aryl methyl sites for hydroxylation is 1. The predicted molar refractivity (Wildman–Crippen MR) is 90.7 cm³/mol. The van der Waals surface area contributed by atoms with Gasteiger partial charge >= 0.3 is 5.97 Å². The molecule has 0 aliphatic heterocycles. The van der Waals surface area contributed by atoms with E-state index in [1.165, 1.54) is 18.2 Å². The minimum Gasteiger partial charge on any atom is -0.492 e. The third-order valence-corrected chi connectivity index (χ3v) is 3.34. The van der Waals surface area contributed by atoms with Crippen molar-refractivity contribution in [2.24, 2.45) is 0 Å². The number of esters is 1. The van der Waals surface area contributed by atoms with Crippen molar-refractivity contribution >= 4 is 11.9 Å². The van der Waals surface area contributed by atoms with Crippen molar-refractivity contribution in [3.63, 3.8) is 0 Å². The number of benzene rings is 2. The summed E-state index contributed by atoms with van der Waals surface area (Å²) in [4.78, 5) is 23.2. The summed E-state index contributed by atoms with van der Waals surface area (Å²) in [7, 11) is 0. The van der Waals surface area contributed by atoms with Crippen molar-refractivity contribution in [2.75, 3.05) is 19.8 Å². The van der Waals surface area contributed by atoms with Gasteiger partial charge in [0.05, 0.1) is 13.0 Å². The second-order valence-corrected chi connectivity index (χ2v) is 5.44. The minimum absolute atomic E-state index is 0.212. The second-order valence-electron chi connectivity index (χ2n) is 5.44. The molecular formula is C19H20FNO4. The van der Waals surface area contributed by atoms with Crippen LogP contribution in [0.15, 0.2) is 48.5 Å². The first kappa shape index (κ1) is 18.4. The predicted octanol–water partition coefficient (Wildman–Crippen LogP) is 2.42. The number of carbonyl (C=O) groups is 2. The van der Waals surface area contributed by atoms with Gasteiger partial charge in [-0.25, -0.2) is 4.39 Å². The van der Waals surface area contributed by atoms with E-state index in [-0.39, 0.29) is 18.5 Å². The van der Waals surface area contributed by atoms with Gasteiger partial charge in [0.1, 0.15) is 18.2 Å². The normalized spacial score (nSPS) is 10.2. The summed E-state index contributed by atoms with van der Waals surface area (Å²) in [5.41, 5.74) is 1.32. The zero-order chi connectivity index (χ0) is 18.1. The Labute approximate surface area is 145 Å². The van der Waals surface area contributed by atoms with Crippen LogP contribution in [0.2, 0.25) is 0 Å². The lowest BCUT2D eigenvalue weighted by molar-refractivity contribution is -0.147. The van der Waals surface area contributed by atoms with E-state index in [2.05, 4.69) is 5.32 Å². The Morgan fingerprint density at radius 2 is 1.92 bits per heavy atom. The van der Waals surface area contributed by atoms with E-state index in [1.54, 1.807) is 6.07 Å². The molecule has 5 nitrogen and oxygen atoms in total. The van der Waals surface area contributed by atoms with Crippen LogP contribution < -0.4 is 10.1 Å². The Hall–Kier alpha value is -2.89. The average molecular weight is 345 g/mol. The lowest BCUT2D eigenvalue weighted by Crippen LogP contribution is -2.32. The van der Waals surface area contributed by atoms with E-state index in [9.17, 15) is 14.0 Å². The maximum atomic E-state index is 13.4. The zero-order valence-corrected chi connectivity index (χ0v) is 14.0. The largest absolute Gasteiger partial charge is 0.492 e. The maximum Gasteiger partial charge on any atom is 0.310 e. The average Bonchev–Trinajstić information content (AvgIpc) is 2.59. The first-order valence-electron chi connectivity index (χ1n) is 7.90. The number of nitrogens with one attached hydrogen (secondary N) is 1. The second kappa shape index (κ2) is 9.42. The molecule has 0 saturated heterocycles. The molecule has 0 aliphatic rings. The molecule has 6 heteroatoms. The van der Waals surface area contributed by atoms with E-state index in [0.29, 0.717) is 6.61 Å². The maximum absolute atomic E-state index is 13.4. The Balaban J connectivity index is 1.62. The number of rotatable bonds is 8. The highest BCUT2D eigenvalue weighted by atomic mass is 19.1. The van der Waals surface area contributed by atoms with E-state index in [0.717, 1.165) is 11.3 Å². The molecule has 0 aromatic heterocycles. The number of amides is 1. The van der Waals surface area contributed by atoms with Crippen LogP contribution >= 0.6 is 0 Å². The van der Waals surface area contributed by atoms with Crippen molar-refractivity contribution in [3.05, 3.63) is 65.5 Å². The fourth-order valence-corrected chi connectivity index (χ4v) is 2.11. The Morgan fingerprint density at radius 3 is 2.68 bits per heavy atom. The van der Waals surface area contributed by atoms with Gasteiger partial charge in [-0.3, -0.25) is 9.59 Å². The van der Waals surface area contributed by atoms with Crippen molar-refractivity contribution in [1.82, 2.24) is 5.32 Å². The molecule has 0 radical (unpaired) electrons. The molecule has 0 atom stereocenters. The van der Waals surface area contributed by atoms with Crippen molar-refractivity contribution in [3.8, 4) is 5.75 Å². The van der Waals surface area contributed by atoms with Crippen molar-refractivity contribution in [2.45, 2.75) is 13.3 Å². The number of carbonyl (C=O) groups excluding carboxylic acids is 2. The van der Waals surface area contributed by atoms with Gasteiger partial charge in [0, 0.05) is 0 Å². The SMILES string of the molecule is Cc1cccc(OCCNC(=O)COC(=O)Cc2ccccc2F)c1. The summed E-state index contributed by atoms with van der Waals surface area (Å²) < 4.78 is 23.7. The summed E-state index contributed by atoms with van der Waals surface area (Å²) in [5.74, 6) is -0.839. The highest BCUT2D eigenvalue weighted by Crippen LogP contribution is 2.11. The molecule has 2 rings (SSSR count). The van der Waals surface area contributed by atoms with Gasteiger partial charge in [-0.1, -0.05) is 30.3 Å². The van der Waals surface area contributed by atoms with Gasteiger partial charge < -0.3 is 14.8 Å². The summed E-state index contributed by atoms with van der Waals surface area (Å²) in [6.07, 6.45) is -0.212. The van der Waals surface area contributed by atoms with Gasteiger partial charge in [-0.2, -0.15) is 0 Å². The van der Waals surface area contributed by atoms with E-state index in [4.69, 9.17) is 9.47 Å². The molecule has 0 heterocycles. The smallest absolute Gasteiger partial charge is 0.310 e. The van der Waals surface area contributed by atoms with Crippen LogP contribution in [0.1, 0.15) is 11.1 Å². The van der Waals surface area contributed by atoms with Crippen LogP contribution in [0.3, 0.4) is 0 Å². The summed E-state index contributed by atoms with van der Waals surface area (Å²) in [6, 6.07) is 13.5. The number of halogens is 1. The Kier molecular flexibility index (Phi) is 6.95. The summed E-state index contributed by atoms with van der Waals surface area (Å²) >= 11 is 0. The van der Waals surface area contributed by atoms with Crippen LogP contribution in [0.25, 0.3) is 0 Å². The molecule has 2 aromatic rings. The third-order valence-electron chi connectivity index (χ3n) is 3.34. The van der Waals surface area contributed by atoms with E-state index >= 15 is 0 Å². The van der Waals surface area contributed by atoms with Crippen LogP contribution in [-0.4, -0.2) is 31.6 Å². The lowest BCUT2D eigenvalue weighted by atomic mass is 10.1. The van der Waals surface area contributed by atoms with Crippen LogP contribution in [0.5, 0.6) is 5.75 Å². The highest BCUT2D eigenvalue weighted by Gasteiger charge is 2.11. The molecule has 25 heavy (non-hydrogen) atoms. The highest BCUT2D eigenvalue weighted by molar-refractivity contribution is 5.81. The van der Waals surface area contributed by atoms with Crippen molar-refractivity contribution < 1.29 is 23.5 Å². The van der Waals surface area contributed by atoms with Gasteiger partial charge in [-0.15, -0.1) is 0 Å². The van der Waals surface area contributed by atoms with Crippen molar-refractivity contribution in [1.29, 1.82) is 0 Å². The molecule has 0 unspecified atom stereocenters. The van der Waals surface area contributed by atoms with Crippen LogP contribution in [0.4, 0.5) is 4.39 Å². The molecule has 1 N–H and O–H groups in total. The Morgan fingerprint density at radius 1 is 1.12 bits per heavy atom. The topological polar surface area (TPSA) is 64.6 Å². The first-order valence-corrected chi connectivity index (χ1v) is 7.90. The third kappa shape index (κ3) is 6.63. The summed E-state index contributed by atoms with van der Waals surface area (Å²) in [5, 5.41) is 2.58. The van der Waals surface area contributed by atoms with Gasteiger partial charge in [0.25, 0.3) is 5.91 Å². The quantitative estimate of drug-likeness (QED) is 0.589. The molecule has 0 fully saturated rings.